The number of benzene rings is 1. The Bertz CT molecular complexity index is 544. The lowest BCUT2D eigenvalue weighted by Crippen LogP contribution is -2.45. The number of ether oxygens (including phenoxy) is 1. The third kappa shape index (κ3) is 4.79. The minimum atomic E-state index is -0.788. The first kappa shape index (κ1) is 17.5. The molecule has 1 aliphatic rings. The van der Waals surface area contributed by atoms with Gasteiger partial charge in [-0.2, -0.15) is 0 Å². The van der Waals surface area contributed by atoms with E-state index in [4.69, 9.17) is 4.74 Å². The molecule has 1 aromatic rings. The second-order valence-electron chi connectivity index (χ2n) is 5.90. The fraction of sp³-hybridized carbons (Fsp3) is 0.556. The summed E-state index contributed by atoms with van der Waals surface area (Å²) in [5.74, 6) is -0.164. The molecule has 1 unspecified atom stereocenters. The summed E-state index contributed by atoms with van der Waals surface area (Å²) < 4.78 is 5.63. The van der Waals surface area contributed by atoms with Crippen LogP contribution in [0.5, 0.6) is 5.75 Å². The molecule has 1 heterocycles. The average molecular weight is 319 g/mol. The fourth-order valence-electron chi connectivity index (χ4n) is 2.95. The van der Waals surface area contributed by atoms with E-state index in [1.165, 1.54) is 0 Å². The highest BCUT2D eigenvalue weighted by Crippen LogP contribution is 2.22. The van der Waals surface area contributed by atoms with E-state index >= 15 is 0 Å². The number of hydrogen-bond acceptors (Lipinski definition) is 4. The Hall–Kier alpha value is -1.88. The molecule has 0 aromatic heterocycles. The van der Waals surface area contributed by atoms with Crippen molar-refractivity contribution in [1.82, 2.24) is 4.90 Å². The van der Waals surface area contributed by atoms with E-state index in [1.807, 2.05) is 30.0 Å². The van der Waals surface area contributed by atoms with Crippen LogP contribution in [0, 0.1) is 0 Å². The van der Waals surface area contributed by atoms with Crippen molar-refractivity contribution < 1.29 is 19.4 Å². The van der Waals surface area contributed by atoms with E-state index in [0.29, 0.717) is 37.3 Å². The second kappa shape index (κ2) is 8.67. The van der Waals surface area contributed by atoms with Gasteiger partial charge in [0.2, 0.25) is 0 Å². The van der Waals surface area contributed by atoms with Crippen LogP contribution in [0.15, 0.2) is 24.3 Å². The van der Waals surface area contributed by atoms with E-state index < -0.39 is 12.0 Å². The third-order valence-corrected chi connectivity index (χ3v) is 4.17. The van der Waals surface area contributed by atoms with E-state index in [1.54, 1.807) is 6.07 Å². The Morgan fingerprint density at radius 3 is 2.83 bits per heavy atom. The van der Waals surface area contributed by atoms with Crippen LogP contribution < -0.4 is 4.74 Å². The molecule has 0 amide bonds. The number of hydrogen-bond donors (Lipinski definition) is 1. The van der Waals surface area contributed by atoms with Gasteiger partial charge >= 0.3 is 5.97 Å². The SMILES string of the molecule is CCCOc1ccccc1C(=O)CCN1CCCCC1C(=O)O. The summed E-state index contributed by atoms with van der Waals surface area (Å²) in [5, 5.41) is 9.29. The minimum absolute atomic E-state index is 0.00594. The molecule has 23 heavy (non-hydrogen) atoms. The highest BCUT2D eigenvalue weighted by Gasteiger charge is 2.28. The molecule has 5 heteroatoms. The van der Waals surface area contributed by atoms with Gasteiger partial charge in [0.15, 0.2) is 5.78 Å². The molecule has 1 atom stereocenters. The summed E-state index contributed by atoms with van der Waals surface area (Å²) in [4.78, 5) is 25.7. The molecule has 1 N–H and O–H groups in total. The van der Waals surface area contributed by atoms with Crippen LogP contribution in [0.1, 0.15) is 49.4 Å². The Morgan fingerprint density at radius 2 is 2.09 bits per heavy atom. The first-order valence-corrected chi connectivity index (χ1v) is 8.35. The monoisotopic (exact) mass is 319 g/mol. The molecule has 126 valence electrons. The van der Waals surface area contributed by atoms with Crippen molar-refractivity contribution in [2.75, 3.05) is 19.7 Å². The minimum Gasteiger partial charge on any atom is -0.493 e. The largest absolute Gasteiger partial charge is 0.493 e. The molecule has 0 spiro atoms. The molecule has 0 bridgehead atoms. The lowest BCUT2D eigenvalue weighted by Gasteiger charge is -2.32. The Morgan fingerprint density at radius 1 is 1.30 bits per heavy atom. The zero-order chi connectivity index (χ0) is 16.7. The Labute approximate surface area is 137 Å². The predicted octanol–water partition coefficient (Wildman–Crippen LogP) is 2.99. The smallest absolute Gasteiger partial charge is 0.320 e. The number of nitrogens with zero attached hydrogens (tertiary/aromatic N) is 1. The number of carbonyl (C=O) groups excluding carboxylic acids is 1. The van der Waals surface area contributed by atoms with Gasteiger partial charge in [-0.15, -0.1) is 0 Å². The van der Waals surface area contributed by atoms with Crippen LogP contribution >= 0.6 is 0 Å². The first-order chi connectivity index (χ1) is 11.1. The number of piperidine rings is 1. The van der Waals surface area contributed by atoms with Crippen molar-refractivity contribution >= 4 is 11.8 Å². The number of carboxylic acid groups (broad SMARTS) is 1. The second-order valence-corrected chi connectivity index (χ2v) is 5.90. The van der Waals surface area contributed by atoms with E-state index in [2.05, 4.69) is 0 Å². The summed E-state index contributed by atoms with van der Waals surface area (Å²) in [6.07, 6.45) is 3.80. The Balaban J connectivity index is 1.97. The predicted molar refractivity (Wildman–Crippen MR) is 88.0 cm³/mol. The van der Waals surface area contributed by atoms with Crippen LogP contribution in [0.3, 0.4) is 0 Å². The molecule has 1 saturated heterocycles. The lowest BCUT2D eigenvalue weighted by atomic mass is 10.0. The molecule has 2 rings (SSSR count). The maximum absolute atomic E-state index is 12.5. The molecule has 0 aliphatic carbocycles. The van der Waals surface area contributed by atoms with Gasteiger partial charge in [0.1, 0.15) is 11.8 Å². The number of para-hydroxylation sites is 1. The Kier molecular flexibility index (Phi) is 6.59. The highest BCUT2D eigenvalue weighted by atomic mass is 16.5. The van der Waals surface area contributed by atoms with Gasteiger partial charge in [0.05, 0.1) is 12.2 Å². The van der Waals surface area contributed by atoms with Gasteiger partial charge in [0.25, 0.3) is 0 Å². The summed E-state index contributed by atoms with van der Waals surface area (Å²) in [7, 11) is 0. The molecule has 1 fully saturated rings. The maximum atomic E-state index is 12.5. The summed E-state index contributed by atoms with van der Waals surface area (Å²) in [5.41, 5.74) is 0.588. The van der Waals surface area contributed by atoms with Gasteiger partial charge in [0, 0.05) is 13.0 Å². The summed E-state index contributed by atoms with van der Waals surface area (Å²) in [6.45, 7) is 3.83. The number of Topliss-reactive ketones (excluding diaryl/α,β-unsaturated/α-hetero) is 1. The first-order valence-electron chi connectivity index (χ1n) is 8.35. The van der Waals surface area contributed by atoms with E-state index in [0.717, 1.165) is 25.8 Å². The van der Waals surface area contributed by atoms with Crippen molar-refractivity contribution in [2.45, 2.75) is 45.1 Å². The molecular formula is C18H25NO4. The molecule has 1 aliphatic heterocycles. The molecular weight excluding hydrogens is 294 g/mol. The van der Waals surface area contributed by atoms with Crippen LogP contribution in [-0.2, 0) is 4.79 Å². The zero-order valence-corrected chi connectivity index (χ0v) is 13.7. The van der Waals surface area contributed by atoms with Gasteiger partial charge in [-0.05, 0) is 37.9 Å². The third-order valence-electron chi connectivity index (χ3n) is 4.17. The van der Waals surface area contributed by atoms with E-state index in [9.17, 15) is 14.7 Å². The normalized spacial score (nSPS) is 18.6. The van der Waals surface area contributed by atoms with Gasteiger partial charge in [-0.1, -0.05) is 25.5 Å². The highest BCUT2D eigenvalue weighted by molar-refractivity contribution is 5.98. The van der Waals surface area contributed by atoms with Crippen LogP contribution in [0.2, 0.25) is 0 Å². The average Bonchev–Trinajstić information content (AvgIpc) is 2.58. The number of ketones is 1. The summed E-state index contributed by atoms with van der Waals surface area (Å²) >= 11 is 0. The topological polar surface area (TPSA) is 66.8 Å². The number of likely N-dealkylation sites (tertiary alicyclic amines) is 1. The number of rotatable bonds is 8. The van der Waals surface area contributed by atoms with Crippen LogP contribution in [0.4, 0.5) is 0 Å². The van der Waals surface area contributed by atoms with Crippen LogP contribution in [0.25, 0.3) is 0 Å². The maximum Gasteiger partial charge on any atom is 0.320 e. The van der Waals surface area contributed by atoms with Gasteiger partial charge in [-0.25, -0.2) is 0 Å². The number of carbonyl (C=O) groups is 2. The van der Waals surface area contributed by atoms with E-state index in [-0.39, 0.29) is 5.78 Å². The number of carboxylic acids is 1. The molecule has 0 saturated carbocycles. The standard InChI is InChI=1S/C18H25NO4/c1-2-13-23-17-9-4-3-7-14(17)16(20)10-12-19-11-6-5-8-15(19)18(21)22/h3-4,7,9,15H,2,5-6,8,10-13H2,1H3,(H,21,22). The van der Waals surface area contributed by atoms with Crippen molar-refractivity contribution in [2.24, 2.45) is 0 Å². The van der Waals surface area contributed by atoms with Crippen molar-refractivity contribution in [3.63, 3.8) is 0 Å². The fourth-order valence-corrected chi connectivity index (χ4v) is 2.95. The molecule has 0 radical (unpaired) electrons. The summed E-state index contributed by atoms with van der Waals surface area (Å²) in [6, 6.07) is 6.81. The van der Waals surface area contributed by atoms with Crippen molar-refractivity contribution in [1.29, 1.82) is 0 Å². The zero-order valence-electron chi connectivity index (χ0n) is 13.7. The van der Waals surface area contributed by atoms with Gasteiger partial charge < -0.3 is 9.84 Å². The van der Waals surface area contributed by atoms with Crippen LogP contribution in [-0.4, -0.2) is 47.5 Å². The molecule has 1 aromatic carbocycles. The lowest BCUT2D eigenvalue weighted by molar-refractivity contribution is -0.144. The van der Waals surface area contributed by atoms with Crippen molar-refractivity contribution in [3.8, 4) is 5.75 Å². The quantitative estimate of drug-likeness (QED) is 0.746. The van der Waals surface area contributed by atoms with Gasteiger partial charge in [-0.3, -0.25) is 14.5 Å². The number of aliphatic carboxylic acids is 1. The molecule has 5 nitrogen and oxygen atoms in total. The van der Waals surface area contributed by atoms with Crippen molar-refractivity contribution in [3.05, 3.63) is 29.8 Å².